The van der Waals surface area contributed by atoms with Crippen LogP contribution in [0.3, 0.4) is 0 Å². The quantitative estimate of drug-likeness (QED) is 0.892. The van der Waals surface area contributed by atoms with Gasteiger partial charge in [-0.3, -0.25) is 4.79 Å². The fraction of sp³-hybridized carbons (Fsp3) is 0.500. The topological polar surface area (TPSA) is 47.6 Å². The second kappa shape index (κ2) is 7.04. The lowest BCUT2D eigenvalue weighted by Crippen LogP contribution is -2.40. The third-order valence-electron chi connectivity index (χ3n) is 3.09. The Morgan fingerprint density at radius 1 is 1.65 bits per heavy atom. The van der Waals surface area contributed by atoms with Crippen LogP contribution in [0.4, 0.5) is 4.39 Å². The molecule has 1 amide bonds. The molecule has 0 saturated carbocycles. The number of hydrogen-bond donors (Lipinski definition) is 1. The summed E-state index contributed by atoms with van der Waals surface area (Å²) >= 11 is 3.20. The minimum Gasteiger partial charge on any atom is -0.480 e. The maximum Gasteiger partial charge on any atom is 0.260 e. The fourth-order valence-corrected chi connectivity index (χ4v) is 2.42. The first kappa shape index (κ1) is 15.3. The Kier molecular flexibility index (Phi) is 5.37. The highest BCUT2D eigenvalue weighted by Crippen LogP contribution is 2.26. The van der Waals surface area contributed by atoms with Crippen LogP contribution in [-0.4, -0.2) is 31.3 Å². The highest BCUT2D eigenvalue weighted by molar-refractivity contribution is 9.10. The number of rotatable bonds is 5. The Balaban J connectivity index is 1.83. The SMILES string of the molecule is CC(Oc1ccc(F)cc1Br)C(=O)NCC1CCCO1. The summed E-state index contributed by atoms with van der Waals surface area (Å²) in [6, 6.07) is 4.08. The van der Waals surface area contributed by atoms with E-state index in [1.807, 2.05) is 0 Å². The molecule has 1 aliphatic rings. The molecule has 2 atom stereocenters. The number of ether oxygens (including phenoxy) is 2. The van der Waals surface area contributed by atoms with Crippen LogP contribution in [0, 0.1) is 5.82 Å². The molecule has 0 spiro atoms. The zero-order chi connectivity index (χ0) is 14.5. The lowest BCUT2D eigenvalue weighted by Gasteiger charge is -2.17. The lowest BCUT2D eigenvalue weighted by molar-refractivity contribution is -0.127. The molecule has 1 aliphatic heterocycles. The fourth-order valence-electron chi connectivity index (χ4n) is 1.98. The van der Waals surface area contributed by atoms with E-state index in [2.05, 4.69) is 21.2 Å². The molecule has 1 saturated heterocycles. The van der Waals surface area contributed by atoms with Gasteiger partial charge in [-0.15, -0.1) is 0 Å². The highest BCUT2D eigenvalue weighted by atomic mass is 79.9. The van der Waals surface area contributed by atoms with Crippen molar-refractivity contribution in [3.8, 4) is 5.75 Å². The molecule has 0 bridgehead atoms. The Hall–Kier alpha value is -1.14. The molecular formula is C14H17BrFNO3. The number of amides is 1. The lowest BCUT2D eigenvalue weighted by atomic mass is 10.2. The van der Waals surface area contributed by atoms with Gasteiger partial charge in [0.1, 0.15) is 11.6 Å². The minimum absolute atomic E-state index is 0.101. The predicted molar refractivity (Wildman–Crippen MR) is 76.2 cm³/mol. The summed E-state index contributed by atoms with van der Waals surface area (Å²) in [5, 5.41) is 2.80. The van der Waals surface area contributed by atoms with Crippen molar-refractivity contribution < 1.29 is 18.7 Å². The normalized spacial score (nSPS) is 19.6. The Bertz CT molecular complexity index is 477. The molecule has 110 valence electrons. The molecule has 20 heavy (non-hydrogen) atoms. The molecular weight excluding hydrogens is 329 g/mol. The van der Waals surface area contributed by atoms with E-state index in [-0.39, 0.29) is 17.8 Å². The number of benzene rings is 1. The van der Waals surface area contributed by atoms with Gasteiger partial charge in [-0.2, -0.15) is 0 Å². The summed E-state index contributed by atoms with van der Waals surface area (Å²) in [6.07, 6.45) is 1.45. The molecule has 1 fully saturated rings. The van der Waals surface area contributed by atoms with Gasteiger partial charge >= 0.3 is 0 Å². The van der Waals surface area contributed by atoms with Crippen LogP contribution in [-0.2, 0) is 9.53 Å². The van der Waals surface area contributed by atoms with E-state index >= 15 is 0 Å². The average Bonchev–Trinajstić information content (AvgIpc) is 2.92. The second-order valence-electron chi connectivity index (χ2n) is 4.72. The minimum atomic E-state index is -0.654. The zero-order valence-corrected chi connectivity index (χ0v) is 12.8. The van der Waals surface area contributed by atoms with Crippen molar-refractivity contribution in [2.75, 3.05) is 13.2 Å². The Labute approximate surface area is 125 Å². The number of carbonyl (C=O) groups is 1. The predicted octanol–water partition coefficient (Wildman–Crippen LogP) is 2.65. The summed E-state index contributed by atoms with van der Waals surface area (Å²) in [5.74, 6) is -0.136. The van der Waals surface area contributed by atoms with Crippen LogP contribution in [0.1, 0.15) is 19.8 Å². The van der Waals surface area contributed by atoms with Crippen molar-refractivity contribution in [3.05, 3.63) is 28.5 Å². The van der Waals surface area contributed by atoms with Gasteiger partial charge in [-0.25, -0.2) is 4.39 Å². The van der Waals surface area contributed by atoms with E-state index in [9.17, 15) is 9.18 Å². The molecule has 1 aromatic carbocycles. The average molecular weight is 346 g/mol. The van der Waals surface area contributed by atoms with Crippen LogP contribution in [0.15, 0.2) is 22.7 Å². The molecule has 4 nitrogen and oxygen atoms in total. The number of hydrogen-bond acceptors (Lipinski definition) is 3. The van der Waals surface area contributed by atoms with Crippen molar-refractivity contribution in [3.63, 3.8) is 0 Å². The highest BCUT2D eigenvalue weighted by Gasteiger charge is 2.20. The van der Waals surface area contributed by atoms with Gasteiger partial charge in [-0.1, -0.05) is 0 Å². The zero-order valence-electron chi connectivity index (χ0n) is 11.2. The summed E-state index contributed by atoms with van der Waals surface area (Å²) < 4.78 is 24.4. The van der Waals surface area contributed by atoms with E-state index in [1.165, 1.54) is 18.2 Å². The van der Waals surface area contributed by atoms with Crippen molar-refractivity contribution in [1.29, 1.82) is 0 Å². The molecule has 2 unspecified atom stereocenters. The maximum absolute atomic E-state index is 13.0. The summed E-state index contributed by atoms with van der Waals surface area (Å²) in [4.78, 5) is 11.9. The molecule has 1 aromatic rings. The van der Waals surface area contributed by atoms with Crippen molar-refractivity contribution in [2.45, 2.75) is 32.0 Å². The molecule has 1 N–H and O–H groups in total. The van der Waals surface area contributed by atoms with Crippen LogP contribution in [0.25, 0.3) is 0 Å². The van der Waals surface area contributed by atoms with Gasteiger partial charge in [0, 0.05) is 13.2 Å². The number of nitrogens with one attached hydrogen (secondary N) is 1. The smallest absolute Gasteiger partial charge is 0.260 e. The summed E-state index contributed by atoms with van der Waals surface area (Å²) in [6.45, 7) is 2.91. The van der Waals surface area contributed by atoms with Gasteiger partial charge in [0.05, 0.1) is 10.6 Å². The van der Waals surface area contributed by atoms with Crippen LogP contribution in [0.2, 0.25) is 0 Å². The van der Waals surface area contributed by atoms with Gasteiger partial charge < -0.3 is 14.8 Å². The molecule has 6 heteroatoms. The Morgan fingerprint density at radius 2 is 2.45 bits per heavy atom. The third-order valence-corrected chi connectivity index (χ3v) is 3.71. The molecule has 1 heterocycles. The van der Waals surface area contributed by atoms with Crippen LogP contribution < -0.4 is 10.1 Å². The van der Waals surface area contributed by atoms with Crippen LogP contribution >= 0.6 is 15.9 Å². The molecule has 0 aliphatic carbocycles. The third kappa shape index (κ3) is 4.18. The van der Waals surface area contributed by atoms with Crippen molar-refractivity contribution >= 4 is 21.8 Å². The molecule has 0 radical (unpaired) electrons. The first-order valence-electron chi connectivity index (χ1n) is 6.57. The van der Waals surface area contributed by atoms with E-state index < -0.39 is 6.10 Å². The summed E-state index contributed by atoms with van der Waals surface area (Å²) in [7, 11) is 0. The van der Waals surface area contributed by atoms with E-state index in [0.29, 0.717) is 16.8 Å². The second-order valence-corrected chi connectivity index (χ2v) is 5.57. The van der Waals surface area contributed by atoms with Gasteiger partial charge in [0.25, 0.3) is 5.91 Å². The van der Waals surface area contributed by atoms with Gasteiger partial charge in [-0.05, 0) is 53.9 Å². The Morgan fingerprint density at radius 3 is 3.10 bits per heavy atom. The van der Waals surface area contributed by atoms with E-state index in [0.717, 1.165) is 19.4 Å². The summed E-state index contributed by atoms with van der Waals surface area (Å²) in [5.41, 5.74) is 0. The first-order valence-corrected chi connectivity index (χ1v) is 7.36. The monoisotopic (exact) mass is 345 g/mol. The number of halogens is 2. The number of carbonyl (C=O) groups excluding carboxylic acids is 1. The first-order chi connectivity index (χ1) is 9.56. The van der Waals surface area contributed by atoms with Crippen LogP contribution in [0.5, 0.6) is 5.75 Å². The largest absolute Gasteiger partial charge is 0.480 e. The molecule has 2 rings (SSSR count). The van der Waals surface area contributed by atoms with E-state index in [4.69, 9.17) is 9.47 Å². The molecule has 0 aromatic heterocycles. The van der Waals surface area contributed by atoms with Gasteiger partial charge in [0.15, 0.2) is 6.10 Å². The van der Waals surface area contributed by atoms with Crippen molar-refractivity contribution in [1.82, 2.24) is 5.32 Å². The maximum atomic E-state index is 13.0. The standard InChI is InChI=1S/C14H17BrFNO3/c1-9(14(18)17-8-11-3-2-6-19-11)20-13-5-4-10(16)7-12(13)15/h4-5,7,9,11H,2-3,6,8H2,1H3,(H,17,18). The van der Waals surface area contributed by atoms with Gasteiger partial charge in [0.2, 0.25) is 0 Å². The van der Waals surface area contributed by atoms with E-state index in [1.54, 1.807) is 6.92 Å². The van der Waals surface area contributed by atoms with Crippen molar-refractivity contribution in [2.24, 2.45) is 0 Å².